The summed E-state index contributed by atoms with van der Waals surface area (Å²) in [5.41, 5.74) is 2.52. The summed E-state index contributed by atoms with van der Waals surface area (Å²) in [6, 6.07) is 4.67. The van der Waals surface area contributed by atoms with Crippen molar-refractivity contribution >= 4 is 5.82 Å². The second-order valence-electron chi connectivity index (χ2n) is 6.81. The van der Waals surface area contributed by atoms with Gasteiger partial charge in [0.25, 0.3) is 0 Å². The fraction of sp³-hybridized carbons (Fsp3) is 0.500. The van der Waals surface area contributed by atoms with Gasteiger partial charge in [-0.1, -0.05) is 6.07 Å². The highest BCUT2D eigenvalue weighted by Gasteiger charge is 2.27. The summed E-state index contributed by atoms with van der Waals surface area (Å²) in [5, 5.41) is 3.58. The maximum absolute atomic E-state index is 4.67. The standard InChI is InChI=1S/C18H23N5/c1-13-8-14(10-19-9-13)11-23-7-5-16(12-23)21-17-4-6-20-18(22-17)15-2-3-15/h4,6,8-10,15-16H,2-3,5,7,11-12H2,1H3,(H,20,21,22). The van der Waals surface area contributed by atoms with E-state index in [0.29, 0.717) is 12.0 Å². The third-order valence-electron chi connectivity index (χ3n) is 4.58. The van der Waals surface area contributed by atoms with Crippen molar-refractivity contribution in [3.8, 4) is 0 Å². The zero-order chi connectivity index (χ0) is 15.6. The molecule has 0 spiro atoms. The molecule has 0 aromatic carbocycles. The number of hydrogen-bond acceptors (Lipinski definition) is 5. The molecular weight excluding hydrogens is 286 g/mol. The number of anilines is 1. The van der Waals surface area contributed by atoms with Crippen LogP contribution in [0.1, 0.15) is 42.1 Å². The summed E-state index contributed by atoms with van der Waals surface area (Å²) in [7, 11) is 0. The first-order valence-electron chi connectivity index (χ1n) is 8.48. The summed E-state index contributed by atoms with van der Waals surface area (Å²) in [6.45, 7) is 5.24. The minimum absolute atomic E-state index is 0.467. The summed E-state index contributed by atoms with van der Waals surface area (Å²) >= 11 is 0. The van der Waals surface area contributed by atoms with Crippen molar-refractivity contribution in [1.29, 1.82) is 0 Å². The lowest BCUT2D eigenvalue weighted by Crippen LogP contribution is -2.26. The number of likely N-dealkylation sites (tertiary alicyclic amines) is 1. The Hall–Kier alpha value is -2.01. The highest BCUT2D eigenvalue weighted by atomic mass is 15.2. The summed E-state index contributed by atoms with van der Waals surface area (Å²) in [4.78, 5) is 15.8. The molecule has 23 heavy (non-hydrogen) atoms. The van der Waals surface area contributed by atoms with Crippen LogP contribution in [-0.2, 0) is 6.54 Å². The Morgan fingerprint density at radius 1 is 1.26 bits per heavy atom. The fourth-order valence-corrected chi connectivity index (χ4v) is 3.26. The van der Waals surface area contributed by atoms with Crippen LogP contribution in [0.25, 0.3) is 0 Å². The van der Waals surface area contributed by atoms with Crippen molar-refractivity contribution in [2.45, 2.75) is 44.7 Å². The number of pyridine rings is 1. The smallest absolute Gasteiger partial charge is 0.133 e. The van der Waals surface area contributed by atoms with E-state index in [-0.39, 0.29) is 0 Å². The van der Waals surface area contributed by atoms with Crippen LogP contribution in [0, 0.1) is 6.92 Å². The Morgan fingerprint density at radius 2 is 2.17 bits per heavy atom. The molecule has 2 aliphatic rings. The zero-order valence-electron chi connectivity index (χ0n) is 13.6. The van der Waals surface area contributed by atoms with Crippen molar-refractivity contribution in [2.75, 3.05) is 18.4 Å². The summed E-state index contributed by atoms with van der Waals surface area (Å²) in [5.74, 6) is 2.59. The average Bonchev–Trinajstić information content (AvgIpc) is 3.30. The zero-order valence-corrected chi connectivity index (χ0v) is 13.6. The van der Waals surface area contributed by atoms with Crippen LogP contribution in [0.2, 0.25) is 0 Å². The molecule has 1 N–H and O–H groups in total. The van der Waals surface area contributed by atoms with E-state index in [9.17, 15) is 0 Å². The predicted molar refractivity (Wildman–Crippen MR) is 90.3 cm³/mol. The molecule has 1 saturated carbocycles. The lowest BCUT2D eigenvalue weighted by atomic mass is 10.2. The minimum Gasteiger partial charge on any atom is -0.366 e. The molecule has 1 aliphatic carbocycles. The summed E-state index contributed by atoms with van der Waals surface area (Å²) < 4.78 is 0. The highest BCUT2D eigenvalue weighted by molar-refractivity contribution is 5.35. The van der Waals surface area contributed by atoms with Gasteiger partial charge in [-0.2, -0.15) is 0 Å². The normalized spacial score (nSPS) is 21.5. The molecule has 1 saturated heterocycles. The Balaban J connectivity index is 1.34. The van der Waals surface area contributed by atoms with E-state index >= 15 is 0 Å². The van der Waals surface area contributed by atoms with Crippen LogP contribution in [-0.4, -0.2) is 39.0 Å². The molecule has 2 fully saturated rings. The third-order valence-corrected chi connectivity index (χ3v) is 4.58. The largest absolute Gasteiger partial charge is 0.366 e. The second-order valence-corrected chi connectivity index (χ2v) is 6.81. The predicted octanol–water partition coefficient (Wildman–Crippen LogP) is 2.74. The van der Waals surface area contributed by atoms with Gasteiger partial charge in [-0.3, -0.25) is 9.88 Å². The van der Waals surface area contributed by atoms with Gasteiger partial charge in [0.15, 0.2) is 0 Å². The van der Waals surface area contributed by atoms with Gasteiger partial charge in [-0.25, -0.2) is 9.97 Å². The van der Waals surface area contributed by atoms with Crippen molar-refractivity contribution in [2.24, 2.45) is 0 Å². The number of aromatic nitrogens is 3. The maximum atomic E-state index is 4.67. The molecule has 120 valence electrons. The van der Waals surface area contributed by atoms with Gasteiger partial charge in [0.1, 0.15) is 11.6 Å². The molecule has 3 heterocycles. The molecule has 0 radical (unpaired) electrons. The lowest BCUT2D eigenvalue weighted by Gasteiger charge is -2.17. The number of aryl methyl sites for hydroxylation is 1. The monoisotopic (exact) mass is 309 g/mol. The van der Waals surface area contributed by atoms with E-state index < -0.39 is 0 Å². The van der Waals surface area contributed by atoms with E-state index in [1.54, 1.807) is 0 Å². The van der Waals surface area contributed by atoms with Crippen molar-refractivity contribution < 1.29 is 0 Å². The SMILES string of the molecule is Cc1cncc(CN2CCC(Nc3ccnc(C4CC4)n3)C2)c1. The molecule has 4 rings (SSSR count). The molecule has 2 aromatic heterocycles. The number of rotatable bonds is 5. The number of nitrogens with zero attached hydrogens (tertiary/aromatic N) is 4. The van der Waals surface area contributed by atoms with Crippen molar-refractivity contribution in [3.05, 3.63) is 47.7 Å². The first-order chi connectivity index (χ1) is 11.3. The average molecular weight is 309 g/mol. The molecule has 5 heteroatoms. The first-order valence-corrected chi connectivity index (χ1v) is 8.48. The highest BCUT2D eigenvalue weighted by Crippen LogP contribution is 2.38. The molecule has 5 nitrogen and oxygen atoms in total. The van der Waals surface area contributed by atoms with Gasteiger partial charge in [-0.15, -0.1) is 0 Å². The quantitative estimate of drug-likeness (QED) is 0.920. The van der Waals surface area contributed by atoms with Crippen LogP contribution in [0.4, 0.5) is 5.82 Å². The second kappa shape index (κ2) is 6.24. The Morgan fingerprint density at radius 3 is 3.00 bits per heavy atom. The lowest BCUT2D eigenvalue weighted by molar-refractivity contribution is 0.328. The van der Waals surface area contributed by atoms with Gasteiger partial charge < -0.3 is 5.32 Å². The molecule has 0 bridgehead atoms. The van der Waals surface area contributed by atoms with Crippen molar-refractivity contribution in [3.63, 3.8) is 0 Å². The molecular formula is C18H23N5. The van der Waals surface area contributed by atoms with Gasteiger partial charge in [0.05, 0.1) is 0 Å². The van der Waals surface area contributed by atoms with Gasteiger partial charge in [0, 0.05) is 50.2 Å². The third kappa shape index (κ3) is 3.67. The van der Waals surface area contributed by atoms with Crippen LogP contribution < -0.4 is 5.32 Å². The van der Waals surface area contributed by atoms with Crippen LogP contribution in [0.15, 0.2) is 30.7 Å². The van der Waals surface area contributed by atoms with E-state index in [0.717, 1.165) is 37.7 Å². The topological polar surface area (TPSA) is 53.9 Å². The van der Waals surface area contributed by atoms with Crippen LogP contribution >= 0.6 is 0 Å². The van der Waals surface area contributed by atoms with E-state index in [2.05, 4.69) is 38.2 Å². The summed E-state index contributed by atoms with van der Waals surface area (Å²) in [6.07, 6.45) is 9.40. The van der Waals surface area contributed by atoms with Gasteiger partial charge in [0.2, 0.25) is 0 Å². The van der Waals surface area contributed by atoms with Crippen LogP contribution in [0.3, 0.4) is 0 Å². The van der Waals surface area contributed by atoms with Crippen molar-refractivity contribution in [1.82, 2.24) is 19.9 Å². The first kappa shape index (κ1) is 14.6. The van der Waals surface area contributed by atoms with E-state index in [1.165, 1.54) is 24.0 Å². The molecule has 1 atom stereocenters. The Kier molecular flexibility index (Phi) is 3.95. The molecule has 1 aliphatic heterocycles. The number of hydrogen-bond donors (Lipinski definition) is 1. The molecule has 2 aromatic rings. The van der Waals surface area contributed by atoms with Gasteiger partial charge >= 0.3 is 0 Å². The molecule has 1 unspecified atom stereocenters. The van der Waals surface area contributed by atoms with Crippen LogP contribution in [0.5, 0.6) is 0 Å². The number of nitrogens with one attached hydrogen (secondary N) is 1. The molecule has 0 amide bonds. The maximum Gasteiger partial charge on any atom is 0.133 e. The van der Waals surface area contributed by atoms with E-state index in [1.807, 2.05) is 24.7 Å². The minimum atomic E-state index is 0.467. The Labute approximate surface area is 137 Å². The van der Waals surface area contributed by atoms with E-state index in [4.69, 9.17) is 0 Å². The Bertz CT molecular complexity index is 683. The fourth-order valence-electron chi connectivity index (χ4n) is 3.26. The van der Waals surface area contributed by atoms with Gasteiger partial charge in [-0.05, 0) is 43.4 Å².